The number of aryl methyl sites for hydroxylation is 1. The lowest BCUT2D eigenvalue weighted by molar-refractivity contribution is -0.131. The molecule has 0 spiro atoms. The molecule has 2 aromatic rings. The third-order valence-electron chi connectivity index (χ3n) is 4.41. The molecule has 128 valence electrons. The molecule has 1 amide bonds. The van der Waals surface area contributed by atoms with Crippen molar-refractivity contribution in [3.63, 3.8) is 0 Å². The van der Waals surface area contributed by atoms with E-state index < -0.39 is 0 Å². The average molecular weight is 327 g/mol. The van der Waals surface area contributed by atoms with E-state index in [4.69, 9.17) is 0 Å². The van der Waals surface area contributed by atoms with Crippen LogP contribution < -0.4 is 0 Å². The minimum Gasteiger partial charge on any atom is -0.341 e. The minimum absolute atomic E-state index is 0.269. The first kappa shape index (κ1) is 16.6. The Morgan fingerprint density at radius 3 is 2.88 bits per heavy atom. The number of hydrogen-bond donors (Lipinski definition) is 0. The second-order valence-corrected chi connectivity index (χ2v) is 6.24. The molecule has 0 unspecified atom stereocenters. The monoisotopic (exact) mass is 327 g/mol. The summed E-state index contributed by atoms with van der Waals surface area (Å²) in [6.07, 6.45) is 9.91. The van der Waals surface area contributed by atoms with Crippen molar-refractivity contribution in [2.75, 3.05) is 26.2 Å². The smallest absolute Gasteiger partial charge is 0.222 e. The van der Waals surface area contributed by atoms with Gasteiger partial charge in [-0.25, -0.2) is 0 Å². The number of pyridine rings is 1. The Bertz CT molecular complexity index is 614. The number of amides is 1. The molecule has 2 aromatic heterocycles. The maximum Gasteiger partial charge on any atom is 0.222 e. The van der Waals surface area contributed by atoms with E-state index in [1.807, 2.05) is 34.1 Å². The van der Waals surface area contributed by atoms with Gasteiger partial charge in [0.25, 0.3) is 0 Å². The molecular weight excluding hydrogens is 302 g/mol. The van der Waals surface area contributed by atoms with E-state index in [1.165, 1.54) is 5.56 Å². The van der Waals surface area contributed by atoms with Crippen molar-refractivity contribution in [2.45, 2.75) is 32.4 Å². The van der Waals surface area contributed by atoms with Crippen LogP contribution in [0.3, 0.4) is 0 Å². The Morgan fingerprint density at radius 1 is 1.12 bits per heavy atom. The number of carbonyl (C=O) groups excluding carboxylic acids is 1. The molecule has 1 saturated heterocycles. The molecule has 6 heteroatoms. The summed E-state index contributed by atoms with van der Waals surface area (Å²) >= 11 is 0. The highest BCUT2D eigenvalue weighted by atomic mass is 16.2. The van der Waals surface area contributed by atoms with E-state index in [-0.39, 0.29) is 5.91 Å². The molecule has 1 aliphatic rings. The molecule has 0 atom stereocenters. The first-order chi connectivity index (χ1) is 11.8. The standard InChI is InChI=1S/C18H25N5O/c24-18(6-2-11-23-12-3-8-20-23)22-10-4-9-21(13-14-22)16-17-5-1-7-19-15-17/h1,3,5,7-8,12,15H,2,4,6,9-11,13-14,16H2. The topological polar surface area (TPSA) is 54.3 Å². The molecule has 0 aliphatic carbocycles. The molecule has 1 aliphatic heterocycles. The van der Waals surface area contributed by atoms with E-state index in [1.54, 1.807) is 12.4 Å². The molecule has 0 bridgehead atoms. The zero-order valence-corrected chi connectivity index (χ0v) is 14.0. The second-order valence-electron chi connectivity index (χ2n) is 6.24. The van der Waals surface area contributed by atoms with Crippen LogP contribution in [-0.2, 0) is 17.9 Å². The number of nitrogens with zero attached hydrogens (tertiary/aromatic N) is 5. The Hall–Kier alpha value is -2.21. The number of rotatable bonds is 6. The van der Waals surface area contributed by atoms with E-state index >= 15 is 0 Å². The molecule has 24 heavy (non-hydrogen) atoms. The Morgan fingerprint density at radius 2 is 2.08 bits per heavy atom. The van der Waals surface area contributed by atoms with Gasteiger partial charge in [0.15, 0.2) is 0 Å². The van der Waals surface area contributed by atoms with Crippen LogP contribution in [-0.4, -0.2) is 56.7 Å². The highest BCUT2D eigenvalue weighted by Gasteiger charge is 2.18. The Kier molecular flexibility index (Phi) is 5.96. The minimum atomic E-state index is 0.269. The van der Waals surface area contributed by atoms with Crippen molar-refractivity contribution < 1.29 is 4.79 Å². The first-order valence-electron chi connectivity index (χ1n) is 8.68. The van der Waals surface area contributed by atoms with Gasteiger partial charge in [-0.05, 0) is 30.5 Å². The van der Waals surface area contributed by atoms with Crippen molar-refractivity contribution in [3.05, 3.63) is 48.5 Å². The largest absolute Gasteiger partial charge is 0.341 e. The van der Waals surface area contributed by atoms with Crippen molar-refractivity contribution in [2.24, 2.45) is 0 Å². The van der Waals surface area contributed by atoms with Crippen LogP contribution in [0, 0.1) is 0 Å². The fraction of sp³-hybridized carbons (Fsp3) is 0.500. The molecule has 3 heterocycles. The zero-order valence-electron chi connectivity index (χ0n) is 14.0. The number of carbonyl (C=O) groups is 1. The molecule has 0 saturated carbocycles. The van der Waals surface area contributed by atoms with Crippen LogP contribution in [0.25, 0.3) is 0 Å². The summed E-state index contributed by atoms with van der Waals surface area (Å²) in [6, 6.07) is 5.99. The lowest BCUT2D eigenvalue weighted by Crippen LogP contribution is -2.35. The van der Waals surface area contributed by atoms with Crippen molar-refractivity contribution in [3.8, 4) is 0 Å². The fourth-order valence-corrected chi connectivity index (χ4v) is 3.11. The van der Waals surface area contributed by atoms with Gasteiger partial charge in [0, 0.05) is 70.5 Å². The van der Waals surface area contributed by atoms with Gasteiger partial charge < -0.3 is 4.90 Å². The molecule has 6 nitrogen and oxygen atoms in total. The summed E-state index contributed by atoms with van der Waals surface area (Å²) in [6.45, 7) is 5.37. The van der Waals surface area contributed by atoms with Crippen molar-refractivity contribution >= 4 is 5.91 Å². The van der Waals surface area contributed by atoms with Gasteiger partial charge in [-0.15, -0.1) is 0 Å². The predicted molar refractivity (Wildman–Crippen MR) is 92.2 cm³/mol. The molecule has 0 N–H and O–H groups in total. The third-order valence-corrected chi connectivity index (χ3v) is 4.41. The van der Waals surface area contributed by atoms with Crippen LogP contribution in [0.5, 0.6) is 0 Å². The maximum absolute atomic E-state index is 12.4. The van der Waals surface area contributed by atoms with Gasteiger partial charge in [-0.1, -0.05) is 6.07 Å². The van der Waals surface area contributed by atoms with Gasteiger partial charge in [0.2, 0.25) is 5.91 Å². The van der Waals surface area contributed by atoms with Crippen LogP contribution in [0.1, 0.15) is 24.8 Å². The first-order valence-corrected chi connectivity index (χ1v) is 8.68. The Balaban J connectivity index is 1.42. The fourth-order valence-electron chi connectivity index (χ4n) is 3.11. The van der Waals surface area contributed by atoms with Crippen molar-refractivity contribution in [1.29, 1.82) is 0 Å². The van der Waals surface area contributed by atoms with Crippen LogP contribution >= 0.6 is 0 Å². The predicted octanol–water partition coefficient (Wildman–Crippen LogP) is 1.79. The van der Waals surface area contributed by atoms with Gasteiger partial charge in [0.1, 0.15) is 0 Å². The summed E-state index contributed by atoms with van der Waals surface area (Å²) in [5, 5.41) is 4.17. The highest BCUT2D eigenvalue weighted by Crippen LogP contribution is 2.10. The molecule has 3 rings (SSSR count). The quantitative estimate of drug-likeness (QED) is 0.812. The van der Waals surface area contributed by atoms with E-state index in [9.17, 15) is 4.79 Å². The van der Waals surface area contributed by atoms with E-state index in [0.29, 0.717) is 6.42 Å². The SMILES string of the molecule is O=C(CCCn1cccn1)N1CCCN(Cc2cccnc2)CC1. The summed E-state index contributed by atoms with van der Waals surface area (Å²) in [4.78, 5) is 21.0. The third kappa shape index (κ3) is 4.89. The normalized spacial score (nSPS) is 16.1. The molecule has 1 fully saturated rings. The van der Waals surface area contributed by atoms with Crippen molar-refractivity contribution in [1.82, 2.24) is 24.6 Å². The molecular formula is C18H25N5O. The molecule has 0 aromatic carbocycles. The molecule has 0 radical (unpaired) electrons. The second kappa shape index (κ2) is 8.59. The zero-order chi connectivity index (χ0) is 16.6. The summed E-state index contributed by atoms with van der Waals surface area (Å²) < 4.78 is 1.88. The maximum atomic E-state index is 12.4. The van der Waals surface area contributed by atoms with Crippen LogP contribution in [0.15, 0.2) is 43.0 Å². The van der Waals surface area contributed by atoms with Crippen LogP contribution in [0.4, 0.5) is 0 Å². The summed E-state index contributed by atoms with van der Waals surface area (Å²) in [5.41, 5.74) is 1.23. The van der Waals surface area contributed by atoms with Gasteiger partial charge in [0.05, 0.1) is 0 Å². The lowest BCUT2D eigenvalue weighted by Gasteiger charge is -2.22. The summed E-state index contributed by atoms with van der Waals surface area (Å²) in [7, 11) is 0. The Labute approximate surface area is 143 Å². The average Bonchev–Trinajstić information content (AvgIpc) is 3.01. The highest BCUT2D eigenvalue weighted by molar-refractivity contribution is 5.76. The van der Waals surface area contributed by atoms with E-state index in [2.05, 4.69) is 21.0 Å². The van der Waals surface area contributed by atoms with E-state index in [0.717, 1.165) is 52.1 Å². The summed E-state index contributed by atoms with van der Waals surface area (Å²) in [5.74, 6) is 0.269. The number of aromatic nitrogens is 3. The van der Waals surface area contributed by atoms with Gasteiger partial charge in [-0.2, -0.15) is 5.10 Å². The van der Waals surface area contributed by atoms with Gasteiger partial charge >= 0.3 is 0 Å². The lowest BCUT2D eigenvalue weighted by atomic mass is 10.2. The van der Waals surface area contributed by atoms with Crippen LogP contribution in [0.2, 0.25) is 0 Å². The van der Waals surface area contributed by atoms with Gasteiger partial charge in [-0.3, -0.25) is 19.4 Å². The number of hydrogen-bond acceptors (Lipinski definition) is 4.